The number of ether oxygens (including phenoxy) is 1. The van der Waals surface area contributed by atoms with Gasteiger partial charge in [0.05, 0.1) is 12.7 Å². The average Bonchev–Trinajstić information content (AvgIpc) is 2.94. The number of aromatic nitrogens is 1. The number of benzene rings is 1. The third kappa shape index (κ3) is 2.14. The molecular formula is C13H15NO3S. The normalized spacial score (nSPS) is 28.0. The number of hydrogen-bond acceptors (Lipinski definition) is 4. The Hall–Kier alpha value is -1.01. The molecule has 18 heavy (non-hydrogen) atoms. The summed E-state index contributed by atoms with van der Waals surface area (Å²) >= 11 is 1.63. The summed E-state index contributed by atoms with van der Waals surface area (Å²) in [5.74, 6) is 0.639. The quantitative estimate of drug-likeness (QED) is 0.734. The van der Waals surface area contributed by atoms with E-state index in [2.05, 4.69) is 11.1 Å². The molecule has 0 amide bonds. The summed E-state index contributed by atoms with van der Waals surface area (Å²) in [5.41, 5.74) is 1.10. The molecular weight excluding hydrogens is 250 g/mol. The summed E-state index contributed by atoms with van der Waals surface area (Å²) in [7, 11) is 0. The Morgan fingerprint density at radius 3 is 2.94 bits per heavy atom. The second-order valence-electron chi connectivity index (χ2n) is 4.44. The standard InChI is InChI=1S/C13H15NO3S/c15-10-6-17-11(13(10)16)7-18-12-5-14-9-4-2-1-3-8(9)12/h1-5,10-11,13-16H,6-7H2. The van der Waals surface area contributed by atoms with Gasteiger partial charge in [-0.05, 0) is 6.07 Å². The van der Waals surface area contributed by atoms with E-state index in [9.17, 15) is 10.2 Å². The fraction of sp³-hybridized carbons (Fsp3) is 0.385. The van der Waals surface area contributed by atoms with Crippen LogP contribution in [0, 0.1) is 0 Å². The lowest BCUT2D eigenvalue weighted by Crippen LogP contribution is -2.31. The molecule has 1 aromatic carbocycles. The van der Waals surface area contributed by atoms with E-state index in [1.54, 1.807) is 11.8 Å². The van der Waals surface area contributed by atoms with Crippen LogP contribution in [0.15, 0.2) is 35.4 Å². The zero-order chi connectivity index (χ0) is 12.5. The van der Waals surface area contributed by atoms with Crippen molar-refractivity contribution in [3.05, 3.63) is 30.5 Å². The van der Waals surface area contributed by atoms with E-state index < -0.39 is 12.2 Å². The van der Waals surface area contributed by atoms with Gasteiger partial charge in [0, 0.05) is 27.7 Å². The molecule has 96 valence electrons. The van der Waals surface area contributed by atoms with E-state index in [1.165, 1.54) is 5.39 Å². The molecule has 0 saturated carbocycles. The number of nitrogens with one attached hydrogen (secondary N) is 1. The zero-order valence-electron chi connectivity index (χ0n) is 9.74. The topological polar surface area (TPSA) is 65.5 Å². The first-order valence-electron chi connectivity index (χ1n) is 5.92. The highest BCUT2D eigenvalue weighted by molar-refractivity contribution is 7.99. The van der Waals surface area contributed by atoms with Crippen LogP contribution in [0.2, 0.25) is 0 Å². The Kier molecular flexibility index (Phi) is 3.30. The van der Waals surface area contributed by atoms with Crippen LogP contribution in [-0.4, -0.2) is 45.9 Å². The molecule has 3 N–H and O–H groups in total. The SMILES string of the molecule is OC1COC(CSc2c[nH]c3ccccc23)C1O. The van der Waals surface area contributed by atoms with E-state index >= 15 is 0 Å². The number of fused-ring (bicyclic) bond motifs is 1. The minimum absolute atomic E-state index is 0.222. The number of aromatic amines is 1. The molecule has 0 aliphatic carbocycles. The first-order valence-corrected chi connectivity index (χ1v) is 6.91. The summed E-state index contributed by atoms with van der Waals surface area (Å²) < 4.78 is 5.36. The lowest BCUT2D eigenvalue weighted by Gasteiger charge is -2.13. The van der Waals surface area contributed by atoms with Crippen LogP contribution in [0.1, 0.15) is 0 Å². The van der Waals surface area contributed by atoms with Crippen molar-refractivity contribution in [3.8, 4) is 0 Å². The Morgan fingerprint density at radius 2 is 2.17 bits per heavy atom. The Bertz CT molecular complexity index is 542. The van der Waals surface area contributed by atoms with E-state index in [0.29, 0.717) is 5.75 Å². The maximum Gasteiger partial charge on any atom is 0.109 e. The monoisotopic (exact) mass is 265 g/mol. The van der Waals surface area contributed by atoms with E-state index in [-0.39, 0.29) is 12.7 Å². The van der Waals surface area contributed by atoms with Gasteiger partial charge in [0.15, 0.2) is 0 Å². The molecule has 4 nitrogen and oxygen atoms in total. The second-order valence-corrected chi connectivity index (χ2v) is 5.50. The Morgan fingerprint density at radius 1 is 1.33 bits per heavy atom. The van der Waals surface area contributed by atoms with Gasteiger partial charge in [0.1, 0.15) is 12.2 Å². The number of H-pyrrole nitrogens is 1. The summed E-state index contributed by atoms with van der Waals surface area (Å²) in [5, 5.41) is 20.3. The number of para-hydroxylation sites is 1. The number of thioether (sulfide) groups is 1. The molecule has 2 heterocycles. The minimum atomic E-state index is -0.775. The average molecular weight is 265 g/mol. The summed E-state index contributed by atoms with van der Waals surface area (Å²) in [6.07, 6.45) is 0.146. The largest absolute Gasteiger partial charge is 0.388 e. The third-order valence-electron chi connectivity index (χ3n) is 3.21. The summed E-state index contributed by atoms with van der Waals surface area (Å²) in [6, 6.07) is 8.09. The van der Waals surface area contributed by atoms with Crippen LogP contribution in [0.4, 0.5) is 0 Å². The lowest BCUT2D eigenvalue weighted by atomic mass is 10.2. The molecule has 1 fully saturated rings. The molecule has 0 spiro atoms. The van der Waals surface area contributed by atoms with Crippen molar-refractivity contribution >= 4 is 22.7 Å². The molecule has 1 aliphatic rings. The van der Waals surface area contributed by atoms with Gasteiger partial charge in [-0.25, -0.2) is 0 Å². The van der Waals surface area contributed by atoms with Gasteiger partial charge >= 0.3 is 0 Å². The van der Waals surface area contributed by atoms with Crippen LogP contribution in [0.25, 0.3) is 10.9 Å². The molecule has 1 aromatic heterocycles. The van der Waals surface area contributed by atoms with Crippen molar-refractivity contribution in [2.24, 2.45) is 0 Å². The Labute approximate surface area is 109 Å². The van der Waals surface area contributed by atoms with Gasteiger partial charge in [-0.15, -0.1) is 11.8 Å². The number of aliphatic hydroxyl groups is 2. The van der Waals surface area contributed by atoms with Crippen molar-refractivity contribution in [1.82, 2.24) is 4.98 Å². The highest BCUT2D eigenvalue weighted by Crippen LogP contribution is 2.30. The molecule has 2 aromatic rings. The lowest BCUT2D eigenvalue weighted by molar-refractivity contribution is 0.0337. The fourth-order valence-electron chi connectivity index (χ4n) is 2.15. The highest BCUT2D eigenvalue weighted by atomic mass is 32.2. The van der Waals surface area contributed by atoms with Crippen molar-refractivity contribution in [1.29, 1.82) is 0 Å². The van der Waals surface area contributed by atoms with Gasteiger partial charge in [0.25, 0.3) is 0 Å². The fourth-order valence-corrected chi connectivity index (χ4v) is 3.26. The molecule has 5 heteroatoms. The maximum atomic E-state index is 9.70. The predicted octanol–water partition coefficient (Wildman–Crippen LogP) is 1.38. The highest BCUT2D eigenvalue weighted by Gasteiger charge is 2.34. The van der Waals surface area contributed by atoms with Crippen LogP contribution in [-0.2, 0) is 4.74 Å². The van der Waals surface area contributed by atoms with Crippen LogP contribution in [0.3, 0.4) is 0 Å². The summed E-state index contributed by atoms with van der Waals surface area (Å²) in [6.45, 7) is 0.222. The van der Waals surface area contributed by atoms with Crippen molar-refractivity contribution in [3.63, 3.8) is 0 Å². The first-order chi connectivity index (χ1) is 8.75. The number of aliphatic hydroxyl groups excluding tert-OH is 2. The minimum Gasteiger partial charge on any atom is -0.388 e. The predicted molar refractivity (Wildman–Crippen MR) is 70.8 cm³/mol. The summed E-state index contributed by atoms with van der Waals surface area (Å²) in [4.78, 5) is 4.35. The maximum absolute atomic E-state index is 9.70. The second kappa shape index (κ2) is 4.93. The molecule has 3 atom stereocenters. The smallest absolute Gasteiger partial charge is 0.109 e. The third-order valence-corrected chi connectivity index (χ3v) is 4.35. The van der Waals surface area contributed by atoms with Gasteiger partial charge in [-0.2, -0.15) is 0 Å². The van der Waals surface area contributed by atoms with Crippen LogP contribution < -0.4 is 0 Å². The van der Waals surface area contributed by atoms with E-state index in [1.807, 2.05) is 24.4 Å². The van der Waals surface area contributed by atoms with E-state index in [4.69, 9.17) is 4.74 Å². The molecule has 3 unspecified atom stereocenters. The van der Waals surface area contributed by atoms with Gasteiger partial charge in [-0.3, -0.25) is 0 Å². The van der Waals surface area contributed by atoms with Crippen LogP contribution >= 0.6 is 11.8 Å². The van der Waals surface area contributed by atoms with Crippen LogP contribution in [0.5, 0.6) is 0 Å². The van der Waals surface area contributed by atoms with Gasteiger partial charge in [-0.1, -0.05) is 18.2 Å². The molecule has 0 bridgehead atoms. The number of rotatable bonds is 3. The zero-order valence-corrected chi connectivity index (χ0v) is 10.6. The molecule has 0 radical (unpaired) electrons. The molecule has 1 aliphatic heterocycles. The van der Waals surface area contributed by atoms with Crippen molar-refractivity contribution in [2.75, 3.05) is 12.4 Å². The van der Waals surface area contributed by atoms with Crippen molar-refractivity contribution in [2.45, 2.75) is 23.2 Å². The first kappa shape index (κ1) is 12.0. The van der Waals surface area contributed by atoms with Gasteiger partial charge < -0.3 is 19.9 Å². The van der Waals surface area contributed by atoms with E-state index in [0.717, 1.165) is 10.4 Å². The Balaban J connectivity index is 1.70. The number of hydrogen-bond donors (Lipinski definition) is 3. The van der Waals surface area contributed by atoms with Gasteiger partial charge in [0.2, 0.25) is 0 Å². The molecule has 3 rings (SSSR count). The van der Waals surface area contributed by atoms with Crippen molar-refractivity contribution < 1.29 is 14.9 Å². The molecule has 1 saturated heterocycles.